The first-order valence-electron chi connectivity index (χ1n) is 7.35. The Bertz CT molecular complexity index is 996. The highest BCUT2D eigenvalue weighted by atomic mass is 32.1. The molecule has 1 aliphatic carbocycles. The van der Waals surface area contributed by atoms with Crippen LogP contribution in [0.2, 0.25) is 0 Å². The predicted molar refractivity (Wildman–Crippen MR) is 97.0 cm³/mol. The molecule has 0 bridgehead atoms. The van der Waals surface area contributed by atoms with Crippen LogP contribution >= 0.6 is 22.7 Å². The highest BCUT2D eigenvalue weighted by Crippen LogP contribution is 2.43. The Hall–Kier alpha value is -2.63. The zero-order valence-corrected chi connectivity index (χ0v) is 14.1. The molecule has 1 saturated carbocycles. The third-order valence-electron chi connectivity index (χ3n) is 3.95. The average molecular weight is 355 g/mol. The average Bonchev–Trinajstić information content (AvgIpc) is 3.09. The Morgan fingerprint density at radius 2 is 2.21 bits per heavy atom. The van der Waals surface area contributed by atoms with E-state index in [0.717, 1.165) is 18.4 Å². The molecule has 1 fully saturated rings. The number of nitrogens with two attached hydrogens (primary N) is 2. The van der Waals surface area contributed by atoms with Gasteiger partial charge in [-0.05, 0) is 35.2 Å². The molecule has 24 heavy (non-hydrogen) atoms. The zero-order chi connectivity index (χ0) is 16.8. The number of nitriles is 1. The van der Waals surface area contributed by atoms with Crippen LogP contribution in [0.3, 0.4) is 0 Å². The summed E-state index contributed by atoms with van der Waals surface area (Å²) < 4.78 is 0. The quantitative estimate of drug-likeness (QED) is 0.667. The van der Waals surface area contributed by atoms with Crippen LogP contribution in [-0.4, -0.2) is 16.9 Å². The van der Waals surface area contributed by atoms with Gasteiger partial charge in [0.2, 0.25) is 0 Å². The summed E-state index contributed by atoms with van der Waals surface area (Å²) in [6, 6.07) is 4.26. The SMILES string of the molecule is N#Cc1c(N)nc2sc(C(=O)NC3CC3)c(N)c2c1-c1ccsc1. The highest BCUT2D eigenvalue weighted by molar-refractivity contribution is 7.21. The van der Waals surface area contributed by atoms with E-state index in [1.165, 1.54) is 22.7 Å². The number of pyridine rings is 1. The standard InChI is InChI=1S/C16H13N5OS2/c17-5-9-10(7-3-4-23-6-7)11-12(18)13(15(22)20-8-1-2-8)24-16(11)21-14(9)19/h3-4,6,8H,1-2,18H2,(H2,19,21)(H,20,22). The van der Waals surface area contributed by atoms with Crippen molar-refractivity contribution in [3.05, 3.63) is 27.3 Å². The molecule has 3 aromatic rings. The van der Waals surface area contributed by atoms with Crippen LogP contribution in [-0.2, 0) is 0 Å². The normalized spacial score (nSPS) is 13.8. The van der Waals surface area contributed by atoms with Gasteiger partial charge < -0.3 is 16.8 Å². The van der Waals surface area contributed by atoms with Gasteiger partial charge in [-0.25, -0.2) is 4.98 Å². The van der Waals surface area contributed by atoms with E-state index in [2.05, 4.69) is 16.4 Å². The monoisotopic (exact) mass is 355 g/mol. The van der Waals surface area contributed by atoms with Crippen LogP contribution in [0.4, 0.5) is 11.5 Å². The number of nitrogen functional groups attached to an aromatic ring is 2. The molecule has 3 aromatic heterocycles. The first-order valence-corrected chi connectivity index (χ1v) is 9.11. The molecule has 0 aromatic carbocycles. The Balaban J connectivity index is 1.98. The first kappa shape index (κ1) is 14.9. The lowest BCUT2D eigenvalue weighted by Crippen LogP contribution is -2.25. The fourth-order valence-corrected chi connectivity index (χ4v) is 4.29. The fraction of sp³-hybridized carbons (Fsp3) is 0.188. The summed E-state index contributed by atoms with van der Waals surface area (Å²) in [6.45, 7) is 0. The molecule has 0 aliphatic heterocycles. The molecule has 3 heterocycles. The van der Waals surface area contributed by atoms with Gasteiger partial charge in [0.05, 0.1) is 5.69 Å². The van der Waals surface area contributed by atoms with E-state index in [-0.39, 0.29) is 17.8 Å². The van der Waals surface area contributed by atoms with E-state index < -0.39 is 0 Å². The largest absolute Gasteiger partial charge is 0.397 e. The number of nitrogens with zero attached hydrogens (tertiary/aromatic N) is 2. The lowest BCUT2D eigenvalue weighted by atomic mass is 9.99. The fourth-order valence-electron chi connectivity index (χ4n) is 2.63. The van der Waals surface area contributed by atoms with Crippen molar-refractivity contribution in [1.29, 1.82) is 5.26 Å². The van der Waals surface area contributed by atoms with Crippen molar-refractivity contribution < 1.29 is 4.79 Å². The second kappa shape index (κ2) is 5.47. The summed E-state index contributed by atoms with van der Waals surface area (Å²) in [5.41, 5.74) is 14.4. The van der Waals surface area contributed by atoms with Crippen LogP contribution in [0.1, 0.15) is 28.1 Å². The lowest BCUT2D eigenvalue weighted by molar-refractivity contribution is 0.0956. The van der Waals surface area contributed by atoms with Gasteiger partial charge in [0.1, 0.15) is 27.2 Å². The van der Waals surface area contributed by atoms with Gasteiger partial charge in [0.25, 0.3) is 5.91 Å². The Morgan fingerprint density at radius 1 is 1.42 bits per heavy atom. The third-order valence-corrected chi connectivity index (χ3v) is 5.73. The maximum Gasteiger partial charge on any atom is 0.263 e. The summed E-state index contributed by atoms with van der Waals surface area (Å²) in [6.07, 6.45) is 2.00. The van der Waals surface area contributed by atoms with Gasteiger partial charge in [-0.3, -0.25) is 4.79 Å². The number of amides is 1. The van der Waals surface area contributed by atoms with Crippen molar-refractivity contribution in [2.75, 3.05) is 11.5 Å². The Labute approximate surface area is 145 Å². The minimum Gasteiger partial charge on any atom is -0.397 e. The molecule has 0 atom stereocenters. The highest BCUT2D eigenvalue weighted by Gasteiger charge is 2.28. The molecule has 0 spiro atoms. The summed E-state index contributed by atoms with van der Waals surface area (Å²) >= 11 is 2.73. The molecule has 4 rings (SSSR count). The molecule has 0 saturated heterocycles. The molecule has 8 heteroatoms. The molecule has 6 nitrogen and oxygen atoms in total. The number of anilines is 2. The van der Waals surface area contributed by atoms with Gasteiger partial charge >= 0.3 is 0 Å². The number of aromatic nitrogens is 1. The third kappa shape index (κ3) is 2.29. The van der Waals surface area contributed by atoms with E-state index in [4.69, 9.17) is 11.5 Å². The lowest BCUT2D eigenvalue weighted by Gasteiger charge is -2.07. The van der Waals surface area contributed by atoms with Crippen molar-refractivity contribution in [1.82, 2.24) is 10.3 Å². The van der Waals surface area contributed by atoms with Gasteiger partial charge in [0.15, 0.2) is 0 Å². The van der Waals surface area contributed by atoms with Crippen LogP contribution in [0.5, 0.6) is 0 Å². The van der Waals surface area contributed by atoms with E-state index in [1.807, 2.05) is 16.8 Å². The second-order valence-electron chi connectivity index (χ2n) is 5.64. The molecule has 120 valence electrons. The van der Waals surface area contributed by atoms with Gasteiger partial charge in [0, 0.05) is 17.0 Å². The summed E-state index contributed by atoms with van der Waals surface area (Å²) in [7, 11) is 0. The van der Waals surface area contributed by atoms with Crippen LogP contribution < -0.4 is 16.8 Å². The van der Waals surface area contributed by atoms with Crippen molar-refractivity contribution >= 4 is 50.3 Å². The number of fused-ring (bicyclic) bond motifs is 1. The number of carbonyl (C=O) groups is 1. The molecule has 1 amide bonds. The van der Waals surface area contributed by atoms with Crippen molar-refractivity contribution in [2.24, 2.45) is 0 Å². The summed E-state index contributed by atoms with van der Waals surface area (Å²) in [4.78, 5) is 17.7. The first-order chi connectivity index (χ1) is 11.6. The number of rotatable bonds is 3. The zero-order valence-electron chi connectivity index (χ0n) is 12.5. The van der Waals surface area contributed by atoms with Crippen molar-refractivity contribution in [3.63, 3.8) is 0 Å². The van der Waals surface area contributed by atoms with Crippen molar-refractivity contribution in [2.45, 2.75) is 18.9 Å². The minimum atomic E-state index is -0.189. The van der Waals surface area contributed by atoms with E-state index in [9.17, 15) is 10.1 Å². The number of hydrogen-bond acceptors (Lipinski definition) is 7. The smallest absolute Gasteiger partial charge is 0.263 e. The second-order valence-corrected chi connectivity index (χ2v) is 7.42. The molecule has 0 unspecified atom stereocenters. The molecule has 1 aliphatic rings. The molecule has 0 radical (unpaired) electrons. The van der Waals surface area contributed by atoms with Crippen LogP contribution in [0, 0.1) is 11.3 Å². The van der Waals surface area contributed by atoms with E-state index >= 15 is 0 Å². The summed E-state index contributed by atoms with van der Waals surface area (Å²) in [5, 5.41) is 16.9. The maximum absolute atomic E-state index is 12.4. The van der Waals surface area contributed by atoms with Gasteiger partial charge in [-0.2, -0.15) is 16.6 Å². The van der Waals surface area contributed by atoms with Crippen LogP contribution in [0.25, 0.3) is 21.3 Å². The van der Waals surface area contributed by atoms with Gasteiger partial charge in [-0.15, -0.1) is 11.3 Å². The topological polar surface area (TPSA) is 118 Å². The van der Waals surface area contributed by atoms with Crippen LogP contribution in [0.15, 0.2) is 16.8 Å². The Morgan fingerprint density at radius 3 is 2.83 bits per heavy atom. The molecular formula is C16H13N5OS2. The van der Waals surface area contributed by atoms with Gasteiger partial charge in [-0.1, -0.05) is 0 Å². The predicted octanol–water partition coefficient (Wildman–Crippen LogP) is 2.95. The maximum atomic E-state index is 12.4. The minimum absolute atomic E-state index is 0.154. The number of carbonyl (C=O) groups excluding carboxylic acids is 1. The summed E-state index contributed by atoms with van der Waals surface area (Å²) in [5.74, 6) is -0.0343. The number of thiophene rings is 2. The molecule has 5 N–H and O–H groups in total. The Kier molecular flexibility index (Phi) is 3.40. The van der Waals surface area contributed by atoms with E-state index in [0.29, 0.717) is 31.9 Å². The number of hydrogen-bond donors (Lipinski definition) is 3. The van der Waals surface area contributed by atoms with E-state index in [1.54, 1.807) is 0 Å². The number of nitrogens with one attached hydrogen (secondary N) is 1. The van der Waals surface area contributed by atoms with Crippen molar-refractivity contribution in [3.8, 4) is 17.2 Å². The molecular weight excluding hydrogens is 342 g/mol.